The summed E-state index contributed by atoms with van der Waals surface area (Å²) in [7, 11) is 0. The largest absolute Gasteiger partial charge is 0.298 e. The normalized spacial score (nSPS) is 11.0. The fourth-order valence-corrected chi connectivity index (χ4v) is 3.12. The second kappa shape index (κ2) is 8.10. The van der Waals surface area contributed by atoms with E-state index in [1.807, 2.05) is 17.5 Å². The number of aromatic nitrogens is 1. The van der Waals surface area contributed by atoms with E-state index in [2.05, 4.69) is 41.5 Å². The number of nitrogens with one attached hydrogen (secondary N) is 1. The summed E-state index contributed by atoms with van der Waals surface area (Å²) >= 11 is 7.25. The number of hydrogen-bond acceptors (Lipinski definition) is 3. The van der Waals surface area contributed by atoms with Crippen LogP contribution in [0.2, 0.25) is 5.02 Å². The molecule has 1 N–H and O–H groups in total. The molecular formula is C20H17ClN2OS. The van der Waals surface area contributed by atoms with Gasteiger partial charge in [0.05, 0.1) is 5.69 Å². The highest BCUT2D eigenvalue weighted by Gasteiger charge is 2.06. The monoisotopic (exact) mass is 368 g/mol. The molecule has 5 heteroatoms. The van der Waals surface area contributed by atoms with Crippen LogP contribution in [0.4, 0.5) is 5.13 Å². The van der Waals surface area contributed by atoms with Crippen molar-refractivity contribution in [3.05, 3.63) is 76.1 Å². The molecular weight excluding hydrogens is 352 g/mol. The topological polar surface area (TPSA) is 42.0 Å². The van der Waals surface area contributed by atoms with Crippen LogP contribution in [0.3, 0.4) is 0 Å². The van der Waals surface area contributed by atoms with Crippen molar-refractivity contribution in [1.82, 2.24) is 4.98 Å². The average molecular weight is 369 g/mol. The fraction of sp³-hybridized carbons (Fsp3) is 0.100. The first-order valence-electron chi connectivity index (χ1n) is 7.93. The van der Waals surface area contributed by atoms with Crippen LogP contribution in [0.25, 0.3) is 17.3 Å². The summed E-state index contributed by atoms with van der Waals surface area (Å²) in [5.41, 5.74) is 4.12. The molecule has 126 valence electrons. The third kappa shape index (κ3) is 4.78. The van der Waals surface area contributed by atoms with Crippen molar-refractivity contribution >= 4 is 40.1 Å². The molecule has 1 heterocycles. The van der Waals surface area contributed by atoms with Crippen LogP contribution in [0.5, 0.6) is 0 Å². The van der Waals surface area contributed by atoms with E-state index in [4.69, 9.17) is 11.6 Å². The minimum Gasteiger partial charge on any atom is -0.298 e. The average Bonchev–Trinajstić information content (AvgIpc) is 3.10. The maximum atomic E-state index is 12.0. The fourth-order valence-electron chi connectivity index (χ4n) is 2.27. The van der Waals surface area contributed by atoms with Gasteiger partial charge in [-0.15, -0.1) is 11.3 Å². The van der Waals surface area contributed by atoms with Gasteiger partial charge in [-0.25, -0.2) is 4.98 Å². The SMILES string of the molecule is CCc1ccc(-c2csc(NC(=O)C=Cc3ccc(Cl)cc3)n2)cc1. The minimum absolute atomic E-state index is 0.211. The molecule has 0 saturated carbocycles. The number of carbonyl (C=O) groups is 1. The summed E-state index contributed by atoms with van der Waals surface area (Å²) in [4.78, 5) is 16.5. The number of anilines is 1. The number of nitrogens with zero attached hydrogens (tertiary/aromatic N) is 1. The van der Waals surface area contributed by atoms with Gasteiger partial charge in [-0.05, 0) is 35.8 Å². The molecule has 0 saturated heterocycles. The Labute approximate surface area is 156 Å². The Kier molecular flexibility index (Phi) is 5.64. The molecule has 0 spiro atoms. The molecule has 0 radical (unpaired) electrons. The number of thiazole rings is 1. The zero-order valence-electron chi connectivity index (χ0n) is 13.7. The van der Waals surface area contributed by atoms with E-state index in [0.29, 0.717) is 10.2 Å². The highest BCUT2D eigenvalue weighted by Crippen LogP contribution is 2.25. The number of amides is 1. The van der Waals surface area contributed by atoms with Crippen LogP contribution in [-0.4, -0.2) is 10.9 Å². The molecule has 0 aliphatic rings. The van der Waals surface area contributed by atoms with Gasteiger partial charge in [-0.1, -0.05) is 54.9 Å². The molecule has 3 rings (SSSR count). The van der Waals surface area contributed by atoms with Crippen LogP contribution < -0.4 is 5.32 Å². The van der Waals surface area contributed by atoms with Crippen molar-refractivity contribution in [2.45, 2.75) is 13.3 Å². The van der Waals surface area contributed by atoms with Crippen LogP contribution in [-0.2, 0) is 11.2 Å². The van der Waals surface area contributed by atoms with Gasteiger partial charge >= 0.3 is 0 Å². The summed E-state index contributed by atoms with van der Waals surface area (Å²) in [5, 5.41) is 5.99. The summed E-state index contributed by atoms with van der Waals surface area (Å²) < 4.78 is 0. The first-order valence-corrected chi connectivity index (χ1v) is 9.19. The molecule has 0 atom stereocenters. The van der Waals surface area contributed by atoms with Gasteiger partial charge < -0.3 is 0 Å². The van der Waals surface area contributed by atoms with E-state index < -0.39 is 0 Å². The summed E-state index contributed by atoms with van der Waals surface area (Å²) in [5.74, 6) is -0.211. The predicted octanol–water partition coefficient (Wildman–Crippen LogP) is 5.68. The van der Waals surface area contributed by atoms with E-state index in [0.717, 1.165) is 23.2 Å². The van der Waals surface area contributed by atoms with Crippen LogP contribution in [0.1, 0.15) is 18.1 Å². The van der Waals surface area contributed by atoms with Gasteiger partial charge in [0, 0.05) is 22.0 Å². The molecule has 25 heavy (non-hydrogen) atoms. The van der Waals surface area contributed by atoms with Crippen molar-refractivity contribution in [3.8, 4) is 11.3 Å². The molecule has 0 aliphatic carbocycles. The van der Waals surface area contributed by atoms with Crippen LogP contribution in [0.15, 0.2) is 60.0 Å². The molecule has 0 bridgehead atoms. The maximum absolute atomic E-state index is 12.0. The van der Waals surface area contributed by atoms with Crippen molar-refractivity contribution in [2.24, 2.45) is 0 Å². The molecule has 0 fully saturated rings. The molecule has 3 aromatic rings. The van der Waals surface area contributed by atoms with Crippen molar-refractivity contribution in [1.29, 1.82) is 0 Å². The smallest absolute Gasteiger partial charge is 0.250 e. The standard InChI is InChI=1S/C20H17ClN2OS/c1-2-14-3-8-16(9-4-14)18-13-25-20(22-18)23-19(24)12-7-15-5-10-17(21)11-6-15/h3-13H,2H2,1H3,(H,22,23,24). The number of aryl methyl sites for hydroxylation is 1. The van der Waals surface area contributed by atoms with Gasteiger partial charge in [0.15, 0.2) is 5.13 Å². The number of rotatable bonds is 5. The first kappa shape index (κ1) is 17.4. The molecule has 0 aliphatic heterocycles. The zero-order chi connectivity index (χ0) is 17.6. The lowest BCUT2D eigenvalue weighted by Gasteiger charge is -1.99. The Balaban J connectivity index is 1.64. The number of hydrogen-bond donors (Lipinski definition) is 1. The van der Waals surface area contributed by atoms with Gasteiger partial charge in [0.25, 0.3) is 0 Å². The zero-order valence-corrected chi connectivity index (χ0v) is 15.3. The molecule has 2 aromatic carbocycles. The van der Waals surface area contributed by atoms with Crippen molar-refractivity contribution in [3.63, 3.8) is 0 Å². The van der Waals surface area contributed by atoms with E-state index in [1.165, 1.54) is 23.0 Å². The predicted molar refractivity (Wildman–Crippen MR) is 106 cm³/mol. The van der Waals surface area contributed by atoms with Crippen LogP contribution >= 0.6 is 22.9 Å². The number of carbonyl (C=O) groups excluding carboxylic acids is 1. The van der Waals surface area contributed by atoms with E-state index in [1.54, 1.807) is 18.2 Å². The Bertz CT molecular complexity index is 883. The lowest BCUT2D eigenvalue weighted by molar-refractivity contribution is -0.111. The number of halogens is 1. The third-order valence-corrected chi connectivity index (χ3v) is 4.70. The van der Waals surface area contributed by atoms with E-state index in [-0.39, 0.29) is 5.91 Å². The highest BCUT2D eigenvalue weighted by molar-refractivity contribution is 7.14. The van der Waals surface area contributed by atoms with E-state index >= 15 is 0 Å². The van der Waals surface area contributed by atoms with Crippen molar-refractivity contribution in [2.75, 3.05) is 5.32 Å². The minimum atomic E-state index is -0.211. The molecule has 3 nitrogen and oxygen atoms in total. The molecule has 1 aromatic heterocycles. The second-order valence-electron chi connectivity index (χ2n) is 5.46. The van der Waals surface area contributed by atoms with Crippen molar-refractivity contribution < 1.29 is 4.79 Å². The molecule has 0 unspecified atom stereocenters. The third-order valence-electron chi connectivity index (χ3n) is 3.69. The Morgan fingerprint density at radius 1 is 1.16 bits per heavy atom. The summed E-state index contributed by atoms with van der Waals surface area (Å²) in [6.07, 6.45) is 4.24. The lowest BCUT2D eigenvalue weighted by Crippen LogP contribution is -2.07. The highest BCUT2D eigenvalue weighted by atomic mass is 35.5. The maximum Gasteiger partial charge on any atom is 0.250 e. The first-order chi connectivity index (χ1) is 12.1. The van der Waals surface area contributed by atoms with Crippen LogP contribution in [0, 0.1) is 0 Å². The molecule has 1 amide bonds. The van der Waals surface area contributed by atoms with Gasteiger partial charge in [0.1, 0.15) is 0 Å². The summed E-state index contributed by atoms with van der Waals surface area (Å²) in [6, 6.07) is 15.6. The Hall–Kier alpha value is -2.43. The van der Waals surface area contributed by atoms with E-state index in [9.17, 15) is 4.79 Å². The van der Waals surface area contributed by atoms with Gasteiger partial charge in [-0.3, -0.25) is 10.1 Å². The Morgan fingerprint density at radius 3 is 2.56 bits per heavy atom. The summed E-state index contributed by atoms with van der Waals surface area (Å²) in [6.45, 7) is 2.13. The second-order valence-corrected chi connectivity index (χ2v) is 6.76. The Morgan fingerprint density at radius 2 is 1.88 bits per heavy atom. The quantitative estimate of drug-likeness (QED) is 0.589. The van der Waals surface area contributed by atoms with Gasteiger partial charge in [0.2, 0.25) is 5.91 Å². The van der Waals surface area contributed by atoms with Gasteiger partial charge in [-0.2, -0.15) is 0 Å². The lowest BCUT2D eigenvalue weighted by atomic mass is 10.1. The number of benzene rings is 2.